The molecule has 166 valence electrons. The van der Waals surface area contributed by atoms with E-state index in [0.717, 1.165) is 27.6 Å². The lowest BCUT2D eigenvalue weighted by atomic mass is 9.93. The number of fused-ring (bicyclic) bond motifs is 1. The number of hydrogen-bond acceptors (Lipinski definition) is 6. The molecule has 32 heavy (non-hydrogen) atoms. The lowest BCUT2D eigenvalue weighted by Gasteiger charge is -2.28. The number of nitrogens with zero attached hydrogens (tertiary/aromatic N) is 3. The number of anilines is 1. The molecule has 0 amide bonds. The lowest BCUT2D eigenvalue weighted by molar-refractivity contribution is -0.114. The molecule has 3 aromatic rings. The van der Waals surface area contributed by atoms with Crippen molar-refractivity contribution < 1.29 is 9.53 Å². The smallest absolute Gasteiger partial charge is 0.227 e. The molecule has 0 fully saturated rings. The fourth-order valence-electron chi connectivity index (χ4n) is 3.74. The van der Waals surface area contributed by atoms with Crippen molar-refractivity contribution in [3.63, 3.8) is 0 Å². The highest BCUT2D eigenvalue weighted by atomic mass is 35.5. The molecule has 1 N–H and O–H groups in total. The van der Waals surface area contributed by atoms with Crippen LogP contribution in [-0.2, 0) is 10.5 Å². The Kier molecular flexibility index (Phi) is 6.58. The number of halogens is 1. The highest BCUT2D eigenvalue weighted by molar-refractivity contribution is 7.98. The van der Waals surface area contributed by atoms with Crippen molar-refractivity contribution in [2.45, 2.75) is 50.8 Å². The third kappa shape index (κ3) is 4.69. The van der Waals surface area contributed by atoms with Gasteiger partial charge in [0.1, 0.15) is 11.8 Å². The average Bonchev–Trinajstić information content (AvgIpc) is 3.14. The van der Waals surface area contributed by atoms with Crippen molar-refractivity contribution in [1.82, 2.24) is 14.8 Å². The maximum atomic E-state index is 12.6. The molecule has 1 unspecified atom stereocenters. The molecule has 0 saturated heterocycles. The van der Waals surface area contributed by atoms with E-state index in [9.17, 15) is 4.79 Å². The second kappa shape index (κ2) is 9.38. The minimum absolute atomic E-state index is 0.0124. The summed E-state index contributed by atoms with van der Waals surface area (Å²) in [6.45, 7) is 7.45. The van der Waals surface area contributed by atoms with E-state index in [0.29, 0.717) is 22.4 Å². The third-order valence-electron chi connectivity index (χ3n) is 5.07. The summed E-state index contributed by atoms with van der Waals surface area (Å²) in [6, 6.07) is 15.2. The molecule has 0 spiro atoms. The van der Waals surface area contributed by atoms with Gasteiger partial charge < -0.3 is 10.1 Å². The number of aromatic nitrogens is 3. The first-order chi connectivity index (χ1) is 15.3. The number of Topliss-reactive ketones (excluding diaryl/α,β-unsaturated/α-hetero) is 1. The quantitative estimate of drug-likeness (QED) is 0.436. The van der Waals surface area contributed by atoms with Gasteiger partial charge in [-0.05, 0) is 57.0 Å². The first-order valence-corrected chi connectivity index (χ1v) is 11.8. The van der Waals surface area contributed by atoms with Gasteiger partial charge in [-0.2, -0.15) is 4.98 Å². The summed E-state index contributed by atoms with van der Waals surface area (Å²) < 4.78 is 7.67. The minimum atomic E-state index is -0.387. The van der Waals surface area contributed by atoms with Crippen LogP contribution in [0.5, 0.6) is 5.75 Å². The molecule has 0 bridgehead atoms. The Balaban J connectivity index is 1.70. The summed E-state index contributed by atoms with van der Waals surface area (Å²) in [5.41, 5.74) is 3.38. The molecule has 1 aliphatic rings. The summed E-state index contributed by atoms with van der Waals surface area (Å²) in [6.07, 6.45) is 0.0533. The maximum Gasteiger partial charge on any atom is 0.227 e. The van der Waals surface area contributed by atoms with E-state index in [1.54, 1.807) is 11.6 Å². The normalized spacial score (nSPS) is 15.5. The van der Waals surface area contributed by atoms with Crippen LogP contribution < -0.4 is 10.1 Å². The Morgan fingerprint density at radius 2 is 2.03 bits per heavy atom. The van der Waals surface area contributed by atoms with E-state index in [2.05, 4.69) is 10.3 Å². The molecular weight excluding hydrogens is 444 g/mol. The summed E-state index contributed by atoms with van der Waals surface area (Å²) in [4.78, 5) is 17.3. The number of carbonyl (C=O) groups excluding carboxylic acids is 1. The topological polar surface area (TPSA) is 69.0 Å². The van der Waals surface area contributed by atoms with Crippen molar-refractivity contribution in [2.24, 2.45) is 0 Å². The van der Waals surface area contributed by atoms with Gasteiger partial charge in [0.15, 0.2) is 5.78 Å². The number of hydrogen-bond donors (Lipinski definition) is 1. The van der Waals surface area contributed by atoms with Gasteiger partial charge in [0.2, 0.25) is 11.1 Å². The maximum absolute atomic E-state index is 12.6. The monoisotopic (exact) mass is 468 g/mol. The zero-order chi connectivity index (χ0) is 22.8. The summed E-state index contributed by atoms with van der Waals surface area (Å²) in [5.74, 6) is 2.00. The predicted molar refractivity (Wildman–Crippen MR) is 128 cm³/mol. The van der Waals surface area contributed by atoms with E-state index in [4.69, 9.17) is 21.4 Å². The number of nitrogens with one attached hydrogen (secondary N) is 1. The first kappa shape index (κ1) is 22.4. The second-order valence-electron chi connectivity index (χ2n) is 7.90. The number of allylic oxidation sites excluding steroid dienone is 2. The number of ether oxygens (including phenoxy) is 1. The molecule has 0 radical (unpaired) electrons. The molecule has 1 aromatic heterocycles. The predicted octanol–water partition coefficient (Wildman–Crippen LogP) is 5.89. The Morgan fingerprint density at radius 1 is 1.25 bits per heavy atom. The van der Waals surface area contributed by atoms with Gasteiger partial charge in [-0.3, -0.25) is 4.79 Å². The number of rotatable bonds is 7. The van der Waals surface area contributed by atoms with Crippen molar-refractivity contribution in [1.29, 1.82) is 0 Å². The van der Waals surface area contributed by atoms with Crippen molar-refractivity contribution in [2.75, 3.05) is 5.32 Å². The van der Waals surface area contributed by atoms with Gasteiger partial charge in [0.25, 0.3) is 0 Å². The molecule has 0 aliphatic carbocycles. The van der Waals surface area contributed by atoms with Crippen molar-refractivity contribution in [3.05, 3.63) is 76.0 Å². The Labute approximate surface area is 197 Å². The Morgan fingerprint density at radius 3 is 2.75 bits per heavy atom. The van der Waals surface area contributed by atoms with Crippen LogP contribution in [0.25, 0.3) is 0 Å². The Bertz CT molecular complexity index is 1190. The summed E-state index contributed by atoms with van der Waals surface area (Å²) in [7, 11) is 0. The van der Waals surface area contributed by atoms with Crippen molar-refractivity contribution in [3.8, 4) is 5.75 Å². The molecular formula is C24H25ClN4O2S. The van der Waals surface area contributed by atoms with Gasteiger partial charge in [0.05, 0.1) is 6.10 Å². The molecule has 1 atom stereocenters. The largest absolute Gasteiger partial charge is 0.491 e. The summed E-state index contributed by atoms with van der Waals surface area (Å²) >= 11 is 7.80. The van der Waals surface area contributed by atoms with Gasteiger partial charge in [-0.1, -0.05) is 53.7 Å². The number of carbonyl (C=O) groups is 1. The van der Waals surface area contributed by atoms with E-state index < -0.39 is 0 Å². The molecule has 2 aromatic carbocycles. The highest BCUT2D eigenvalue weighted by Gasteiger charge is 2.33. The zero-order valence-electron chi connectivity index (χ0n) is 18.4. The van der Waals surface area contributed by atoms with Crippen LogP contribution in [-0.4, -0.2) is 26.7 Å². The van der Waals surface area contributed by atoms with Crippen LogP contribution in [0.1, 0.15) is 44.9 Å². The fourth-order valence-corrected chi connectivity index (χ4v) is 4.86. The van der Waals surface area contributed by atoms with Crippen LogP contribution >= 0.6 is 23.4 Å². The van der Waals surface area contributed by atoms with Gasteiger partial charge in [0, 0.05) is 22.0 Å². The standard InChI is InChI=1S/C24H25ClN4O2S/c1-14(2)31-19-10-7-9-17(12-19)22-21(16(4)30)15(3)26-23-27-24(28-29(22)23)32-13-18-8-5-6-11-20(18)25/h5-12,14,22H,13H2,1-4H3,(H,26,27,28). The highest BCUT2D eigenvalue weighted by Crippen LogP contribution is 2.38. The lowest BCUT2D eigenvalue weighted by Crippen LogP contribution is -2.27. The van der Waals surface area contributed by atoms with Gasteiger partial charge >= 0.3 is 0 Å². The van der Waals surface area contributed by atoms with Crippen LogP contribution in [0.4, 0.5) is 5.95 Å². The van der Waals surface area contributed by atoms with E-state index in [1.807, 2.05) is 69.3 Å². The van der Waals surface area contributed by atoms with Crippen LogP contribution in [0, 0.1) is 0 Å². The molecule has 8 heteroatoms. The van der Waals surface area contributed by atoms with Gasteiger partial charge in [-0.15, -0.1) is 5.10 Å². The minimum Gasteiger partial charge on any atom is -0.491 e. The number of ketones is 1. The zero-order valence-corrected chi connectivity index (χ0v) is 20.0. The van der Waals surface area contributed by atoms with E-state index in [1.165, 1.54) is 11.8 Å². The van der Waals surface area contributed by atoms with Gasteiger partial charge in [-0.25, -0.2) is 4.68 Å². The SMILES string of the molecule is CC(=O)C1=C(C)Nc2nc(SCc3ccccc3Cl)nn2C1c1cccc(OC(C)C)c1. The first-order valence-electron chi connectivity index (χ1n) is 10.4. The fraction of sp³-hybridized carbons (Fsp3) is 0.292. The second-order valence-corrected chi connectivity index (χ2v) is 9.25. The molecule has 1 aliphatic heterocycles. The number of benzene rings is 2. The molecule has 6 nitrogen and oxygen atoms in total. The van der Waals surface area contributed by atoms with Crippen LogP contribution in [0.3, 0.4) is 0 Å². The van der Waals surface area contributed by atoms with Crippen LogP contribution in [0.15, 0.2) is 65.0 Å². The third-order valence-corrected chi connectivity index (χ3v) is 6.33. The van der Waals surface area contributed by atoms with E-state index in [-0.39, 0.29) is 17.9 Å². The number of thioether (sulfide) groups is 1. The molecule has 2 heterocycles. The molecule has 0 saturated carbocycles. The van der Waals surface area contributed by atoms with E-state index >= 15 is 0 Å². The molecule has 4 rings (SSSR count). The summed E-state index contributed by atoms with van der Waals surface area (Å²) in [5, 5.41) is 9.33. The van der Waals surface area contributed by atoms with Crippen LogP contribution in [0.2, 0.25) is 5.02 Å². The van der Waals surface area contributed by atoms with Crippen molar-refractivity contribution >= 4 is 35.1 Å². The Hall–Kier alpha value is -2.77. The average molecular weight is 469 g/mol.